The maximum Gasteiger partial charge on any atom is 0.00875 e. The predicted octanol–water partition coefficient (Wildman–Crippen LogP) is 3.69. The van der Waals surface area contributed by atoms with Crippen LogP contribution < -0.4 is 5.32 Å². The summed E-state index contributed by atoms with van der Waals surface area (Å²) in [6, 6.07) is 0.692. The lowest BCUT2D eigenvalue weighted by molar-refractivity contribution is 0.368. The fourth-order valence-corrected chi connectivity index (χ4v) is 2.96. The average molecular weight is 211 g/mol. The van der Waals surface area contributed by atoms with E-state index in [-0.39, 0.29) is 0 Å². The highest BCUT2D eigenvalue weighted by Crippen LogP contribution is 2.67. The van der Waals surface area contributed by atoms with E-state index in [0.29, 0.717) is 16.9 Å². The third kappa shape index (κ3) is 2.22. The summed E-state index contributed by atoms with van der Waals surface area (Å²) in [5.41, 5.74) is 1.05. The van der Waals surface area contributed by atoms with Crippen LogP contribution in [0.25, 0.3) is 0 Å². The second-order valence-corrected chi connectivity index (χ2v) is 6.66. The Kier molecular flexibility index (Phi) is 3.55. The summed E-state index contributed by atoms with van der Waals surface area (Å²) >= 11 is 0. The van der Waals surface area contributed by atoms with E-state index in [1.165, 1.54) is 13.0 Å². The second kappa shape index (κ2) is 4.08. The van der Waals surface area contributed by atoms with Gasteiger partial charge in [0.15, 0.2) is 0 Å². The van der Waals surface area contributed by atoms with Crippen LogP contribution in [0.4, 0.5) is 0 Å². The number of nitrogens with one attached hydrogen (secondary N) is 1. The Labute approximate surface area is 96.0 Å². The maximum atomic E-state index is 3.74. The Bertz CT molecular complexity index is 201. The van der Waals surface area contributed by atoms with E-state index in [9.17, 15) is 0 Å². The van der Waals surface area contributed by atoms with Crippen molar-refractivity contribution in [2.75, 3.05) is 6.54 Å². The first-order chi connectivity index (χ1) is 6.75. The molecule has 1 rings (SSSR count). The molecule has 0 aliphatic heterocycles. The molecule has 1 aliphatic carbocycles. The van der Waals surface area contributed by atoms with Crippen LogP contribution in [0.15, 0.2) is 0 Å². The molecule has 1 nitrogen and oxygen atoms in total. The van der Waals surface area contributed by atoms with E-state index in [1.807, 2.05) is 0 Å². The van der Waals surface area contributed by atoms with E-state index in [1.54, 1.807) is 0 Å². The molecule has 0 heterocycles. The molecule has 0 aromatic carbocycles. The molecule has 1 heteroatoms. The number of hydrogen-bond donors (Lipinski definition) is 1. The van der Waals surface area contributed by atoms with Crippen LogP contribution in [0.1, 0.15) is 54.9 Å². The molecule has 1 aliphatic rings. The van der Waals surface area contributed by atoms with Gasteiger partial charge in [0.05, 0.1) is 0 Å². The minimum atomic E-state index is 0.523. The standard InChI is InChI=1S/C14H29N/c1-8-11(10(2)3)15-9-12-13(4,5)14(12,6)7/h10-12,15H,8-9H2,1-7H3. The van der Waals surface area contributed by atoms with Gasteiger partial charge in [0.1, 0.15) is 0 Å². The van der Waals surface area contributed by atoms with Gasteiger partial charge in [-0.1, -0.05) is 48.5 Å². The van der Waals surface area contributed by atoms with Crippen molar-refractivity contribution in [1.82, 2.24) is 5.32 Å². The van der Waals surface area contributed by atoms with Crippen LogP contribution in [-0.2, 0) is 0 Å². The van der Waals surface area contributed by atoms with Gasteiger partial charge in [-0.3, -0.25) is 0 Å². The summed E-state index contributed by atoms with van der Waals surface area (Å²) in [4.78, 5) is 0. The van der Waals surface area contributed by atoms with Crippen molar-refractivity contribution in [3.8, 4) is 0 Å². The van der Waals surface area contributed by atoms with E-state index in [0.717, 1.165) is 11.8 Å². The van der Waals surface area contributed by atoms with E-state index in [4.69, 9.17) is 0 Å². The molecule has 1 N–H and O–H groups in total. The van der Waals surface area contributed by atoms with E-state index < -0.39 is 0 Å². The van der Waals surface area contributed by atoms with Gasteiger partial charge in [0.25, 0.3) is 0 Å². The topological polar surface area (TPSA) is 12.0 Å². The molecule has 15 heavy (non-hydrogen) atoms. The third-order valence-electron chi connectivity index (χ3n) is 5.15. The van der Waals surface area contributed by atoms with Crippen LogP contribution in [0.3, 0.4) is 0 Å². The minimum absolute atomic E-state index is 0.523. The molecular weight excluding hydrogens is 182 g/mol. The van der Waals surface area contributed by atoms with Crippen molar-refractivity contribution in [2.45, 2.75) is 60.9 Å². The molecular formula is C14H29N. The Balaban J connectivity index is 2.40. The zero-order chi connectivity index (χ0) is 11.9. The van der Waals surface area contributed by atoms with E-state index >= 15 is 0 Å². The van der Waals surface area contributed by atoms with E-state index in [2.05, 4.69) is 53.8 Å². The van der Waals surface area contributed by atoms with Gasteiger partial charge in [-0.2, -0.15) is 0 Å². The molecule has 0 bridgehead atoms. The lowest BCUT2D eigenvalue weighted by Gasteiger charge is -2.21. The van der Waals surface area contributed by atoms with Crippen LogP contribution in [-0.4, -0.2) is 12.6 Å². The maximum absolute atomic E-state index is 3.74. The number of hydrogen-bond acceptors (Lipinski definition) is 1. The highest BCUT2D eigenvalue weighted by molar-refractivity contribution is 5.12. The van der Waals surface area contributed by atoms with Crippen molar-refractivity contribution in [3.05, 3.63) is 0 Å². The summed E-state index contributed by atoms with van der Waals surface area (Å²) < 4.78 is 0. The molecule has 0 aromatic heterocycles. The SMILES string of the molecule is CCC(NCC1C(C)(C)C1(C)C)C(C)C. The normalized spacial score (nSPS) is 25.6. The van der Waals surface area contributed by atoms with Gasteiger partial charge in [-0.15, -0.1) is 0 Å². The van der Waals surface area contributed by atoms with Crippen LogP contribution in [0, 0.1) is 22.7 Å². The fourth-order valence-electron chi connectivity index (χ4n) is 2.96. The van der Waals surface area contributed by atoms with Crippen molar-refractivity contribution < 1.29 is 0 Å². The Morgan fingerprint density at radius 3 is 1.80 bits per heavy atom. The summed E-state index contributed by atoms with van der Waals surface area (Å²) in [6.45, 7) is 17.7. The molecule has 1 unspecified atom stereocenters. The smallest absolute Gasteiger partial charge is 0.00875 e. The van der Waals surface area contributed by atoms with Gasteiger partial charge in [-0.05, 0) is 35.6 Å². The molecule has 0 radical (unpaired) electrons. The molecule has 1 atom stereocenters. The van der Waals surface area contributed by atoms with Gasteiger partial charge < -0.3 is 5.32 Å². The quantitative estimate of drug-likeness (QED) is 0.731. The van der Waals surface area contributed by atoms with Crippen LogP contribution in [0.2, 0.25) is 0 Å². The zero-order valence-corrected chi connectivity index (χ0v) is 11.6. The van der Waals surface area contributed by atoms with Gasteiger partial charge >= 0.3 is 0 Å². The van der Waals surface area contributed by atoms with Crippen molar-refractivity contribution in [3.63, 3.8) is 0 Å². The first-order valence-corrected chi connectivity index (χ1v) is 6.48. The van der Waals surface area contributed by atoms with Gasteiger partial charge in [0.2, 0.25) is 0 Å². The largest absolute Gasteiger partial charge is 0.313 e. The Hall–Kier alpha value is -0.0400. The summed E-state index contributed by atoms with van der Waals surface area (Å²) in [6.07, 6.45) is 1.24. The summed E-state index contributed by atoms with van der Waals surface area (Å²) in [7, 11) is 0. The predicted molar refractivity (Wildman–Crippen MR) is 68.0 cm³/mol. The van der Waals surface area contributed by atoms with Gasteiger partial charge in [0, 0.05) is 6.04 Å². The van der Waals surface area contributed by atoms with Crippen molar-refractivity contribution in [2.24, 2.45) is 22.7 Å². The zero-order valence-electron chi connectivity index (χ0n) is 11.6. The third-order valence-corrected chi connectivity index (χ3v) is 5.15. The monoisotopic (exact) mass is 211 g/mol. The molecule has 1 fully saturated rings. The lowest BCUT2D eigenvalue weighted by Crippen LogP contribution is -2.35. The molecule has 0 amide bonds. The molecule has 0 spiro atoms. The summed E-state index contributed by atoms with van der Waals surface area (Å²) in [5, 5.41) is 3.74. The summed E-state index contributed by atoms with van der Waals surface area (Å²) in [5.74, 6) is 1.60. The average Bonchev–Trinajstić information content (AvgIpc) is 2.47. The highest BCUT2D eigenvalue weighted by atomic mass is 14.9. The Morgan fingerprint density at radius 1 is 1.07 bits per heavy atom. The Morgan fingerprint density at radius 2 is 1.53 bits per heavy atom. The minimum Gasteiger partial charge on any atom is -0.313 e. The second-order valence-electron chi connectivity index (χ2n) is 6.66. The van der Waals surface area contributed by atoms with Crippen LogP contribution >= 0.6 is 0 Å². The highest BCUT2D eigenvalue weighted by Gasteiger charge is 2.63. The van der Waals surface area contributed by atoms with Crippen molar-refractivity contribution in [1.29, 1.82) is 0 Å². The molecule has 90 valence electrons. The van der Waals surface area contributed by atoms with Crippen LogP contribution in [0.5, 0.6) is 0 Å². The molecule has 0 saturated heterocycles. The molecule has 0 aromatic rings. The first-order valence-electron chi connectivity index (χ1n) is 6.48. The fraction of sp³-hybridized carbons (Fsp3) is 1.00. The van der Waals surface area contributed by atoms with Crippen molar-refractivity contribution >= 4 is 0 Å². The molecule has 1 saturated carbocycles. The van der Waals surface area contributed by atoms with Gasteiger partial charge in [-0.25, -0.2) is 0 Å². The number of rotatable bonds is 5. The first kappa shape index (κ1) is 13.0. The lowest BCUT2D eigenvalue weighted by atomic mass is 10.0.